The molecule has 4 rings (SSSR count). The predicted molar refractivity (Wildman–Crippen MR) is 127 cm³/mol. The third-order valence-corrected chi connectivity index (χ3v) is 5.83. The highest BCUT2D eigenvalue weighted by molar-refractivity contribution is 5.99. The molecule has 0 radical (unpaired) electrons. The molecule has 182 valence electrons. The maximum atomic E-state index is 12.6. The molecule has 0 unspecified atom stereocenters. The summed E-state index contributed by atoms with van der Waals surface area (Å²) in [5.74, 6) is 0.437. The van der Waals surface area contributed by atoms with E-state index in [4.69, 9.17) is 4.74 Å². The largest absolute Gasteiger partial charge is 0.378 e. The number of aromatic nitrogens is 2. The van der Waals surface area contributed by atoms with Crippen molar-refractivity contribution < 1.29 is 19.1 Å². The van der Waals surface area contributed by atoms with Crippen LogP contribution in [-0.2, 0) is 16.1 Å². The number of likely N-dealkylation sites (N-methyl/N-ethyl adjacent to an activating group) is 1. The van der Waals surface area contributed by atoms with Crippen molar-refractivity contribution in [2.75, 3.05) is 68.5 Å². The number of hydrogen-bond acceptors (Lipinski definition) is 9. The second-order valence-corrected chi connectivity index (χ2v) is 8.29. The van der Waals surface area contributed by atoms with Gasteiger partial charge in [0.1, 0.15) is 23.4 Å². The standard InChI is InChI=1S/C23H26N8O4/c1-29-4-5-31(22(33)14-29)13-16-2-3-20(26-18(16)15-32)27-23(34)28-21-10-19(17(11-24)12-25-21)30-6-8-35-9-7-30/h2-3,10,12,15H,4-9,13-14H2,1H3,(H2,25,26,27,28,34). The number of urea groups is 1. The zero-order valence-electron chi connectivity index (χ0n) is 19.4. The number of piperazine rings is 1. The molecule has 4 heterocycles. The van der Waals surface area contributed by atoms with Crippen LogP contribution in [0, 0.1) is 11.3 Å². The molecule has 2 aromatic heterocycles. The lowest BCUT2D eigenvalue weighted by Crippen LogP contribution is -2.48. The van der Waals surface area contributed by atoms with Crippen LogP contribution >= 0.6 is 0 Å². The fraction of sp³-hybridized carbons (Fsp3) is 0.391. The minimum absolute atomic E-state index is 0.0106. The number of morpholine rings is 1. The van der Waals surface area contributed by atoms with Crippen LogP contribution in [0.15, 0.2) is 24.4 Å². The van der Waals surface area contributed by atoms with Gasteiger partial charge in [0.2, 0.25) is 5.91 Å². The van der Waals surface area contributed by atoms with Gasteiger partial charge in [-0.05, 0) is 13.1 Å². The lowest BCUT2D eigenvalue weighted by Gasteiger charge is -2.32. The Kier molecular flexibility index (Phi) is 7.49. The van der Waals surface area contributed by atoms with Crippen LogP contribution in [0.3, 0.4) is 0 Å². The fourth-order valence-electron chi connectivity index (χ4n) is 3.94. The van der Waals surface area contributed by atoms with Gasteiger partial charge in [-0.2, -0.15) is 5.26 Å². The van der Waals surface area contributed by atoms with Gasteiger partial charge in [-0.3, -0.25) is 25.1 Å². The Morgan fingerprint density at radius 3 is 2.69 bits per heavy atom. The van der Waals surface area contributed by atoms with Crippen molar-refractivity contribution in [3.05, 3.63) is 41.2 Å². The Labute approximate surface area is 202 Å². The monoisotopic (exact) mass is 478 g/mol. The van der Waals surface area contributed by atoms with Gasteiger partial charge in [-0.1, -0.05) is 6.07 Å². The first-order valence-corrected chi connectivity index (χ1v) is 11.2. The molecule has 2 N–H and O–H groups in total. The van der Waals surface area contributed by atoms with Crippen LogP contribution < -0.4 is 15.5 Å². The number of ether oxygens (including phenoxy) is 1. The topological polar surface area (TPSA) is 144 Å². The average Bonchev–Trinajstić information content (AvgIpc) is 2.87. The normalized spacial score (nSPS) is 16.5. The number of carbonyl (C=O) groups is 3. The first-order chi connectivity index (χ1) is 17.0. The molecule has 2 aromatic rings. The first kappa shape index (κ1) is 24.1. The van der Waals surface area contributed by atoms with Crippen molar-refractivity contribution in [3.63, 3.8) is 0 Å². The first-order valence-electron chi connectivity index (χ1n) is 11.2. The summed E-state index contributed by atoms with van der Waals surface area (Å²) in [7, 11) is 1.88. The molecule has 35 heavy (non-hydrogen) atoms. The third-order valence-electron chi connectivity index (χ3n) is 5.83. The SMILES string of the molecule is CN1CCN(Cc2ccc(NC(=O)Nc3cc(N4CCOCC4)c(C#N)cn3)nc2C=O)C(=O)C1. The summed E-state index contributed by atoms with van der Waals surface area (Å²) in [5, 5.41) is 14.6. The van der Waals surface area contributed by atoms with E-state index < -0.39 is 6.03 Å². The summed E-state index contributed by atoms with van der Waals surface area (Å²) < 4.78 is 5.36. The van der Waals surface area contributed by atoms with Gasteiger partial charge in [0.15, 0.2) is 6.29 Å². The molecule has 0 aromatic carbocycles. The Morgan fingerprint density at radius 1 is 1.20 bits per heavy atom. The highest BCUT2D eigenvalue weighted by Crippen LogP contribution is 2.24. The van der Waals surface area contributed by atoms with E-state index in [0.29, 0.717) is 62.5 Å². The Morgan fingerprint density at radius 2 is 1.97 bits per heavy atom. The van der Waals surface area contributed by atoms with E-state index in [9.17, 15) is 19.6 Å². The summed E-state index contributed by atoms with van der Waals surface area (Å²) in [4.78, 5) is 50.4. The van der Waals surface area contributed by atoms with E-state index in [2.05, 4.69) is 26.7 Å². The van der Waals surface area contributed by atoms with Crippen molar-refractivity contribution in [2.45, 2.75) is 6.54 Å². The molecule has 2 aliphatic heterocycles. The number of nitriles is 1. The van der Waals surface area contributed by atoms with Gasteiger partial charge in [0.25, 0.3) is 0 Å². The minimum Gasteiger partial charge on any atom is -0.378 e. The van der Waals surface area contributed by atoms with Gasteiger partial charge in [-0.15, -0.1) is 0 Å². The third kappa shape index (κ3) is 5.89. The van der Waals surface area contributed by atoms with E-state index in [-0.39, 0.29) is 29.8 Å². The number of amides is 3. The molecule has 0 saturated carbocycles. The van der Waals surface area contributed by atoms with Crippen molar-refractivity contribution in [2.24, 2.45) is 0 Å². The molecule has 3 amide bonds. The van der Waals surface area contributed by atoms with Crippen molar-refractivity contribution in [3.8, 4) is 6.07 Å². The Balaban J connectivity index is 1.42. The van der Waals surface area contributed by atoms with Crippen LogP contribution in [0.1, 0.15) is 21.6 Å². The second kappa shape index (κ2) is 10.9. The number of nitrogens with zero attached hydrogens (tertiary/aromatic N) is 6. The van der Waals surface area contributed by atoms with Gasteiger partial charge in [0.05, 0.1) is 31.0 Å². The zero-order valence-corrected chi connectivity index (χ0v) is 19.4. The predicted octanol–water partition coefficient (Wildman–Crippen LogP) is 0.915. The second-order valence-electron chi connectivity index (χ2n) is 8.29. The maximum Gasteiger partial charge on any atom is 0.326 e. The molecule has 2 aliphatic rings. The fourth-order valence-corrected chi connectivity index (χ4v) is 3.94. The number of carbonyl (C=O) groups excluding carboxylic acids is 3. The van der Waals surface area contributed by atoms with Crippen LogP contribution in [0.25, 0.3) is 0 Å². The molecule has 2 saturated heterocycles. The lowest BCUT2D eigenvalue weighted by atomic mass is 10.1. The van der Waals surface area contributed by atoms with E-state index in [1.807, 2.05) is 16.8 Å². The van der Waals surface area contributed by atoms with Gasteiger partial charge in [-0.25, -0.2) is 14.8 Å². The lowest BCUT2D eigenvalue weighted by molar-refractivity contribution is -0.136. The molecule has 0 bridgehead atoms. The van der Waals surface area contributed by atoms with Crippen LogP contribution in [-0.4, -0.2) is 91.0 Å². The molecule has 2 fully saturated rings. The Bertz CT molecular complexity index is 1160. The number of rotatable bonds is 6. The van der Waals surface area contributed by atoms with E-state index in [1.165, 1.54) is 6.20 Å². The van der Waals surface area contributed by atoms with Gasteiger partial charge in [0, 0.05) is 50.6 Å². The molecule has 0 atom stereocenters. The molecular weight excluding hydrogens is 452 g/mol. The van der Waals surface area contributed by atoms with Crippen LogP contribution in [0.4, 0.5) is 22.1 Å². The maximum absolute atomic E-state index is 12.6. The summed E-state index contributed by atoms with van der Waals surface area (Å²) in [6.45, 7) is 4.32. The average molecular weight is 479 g/mol. The van der Waals surface area contributed by atoms with Gasteiger partial charge >= 0.3 is 6.03 Å². The van der Waals surface area contributed by atoms with Crippen molar-refractivity contribution >= 4 is 35.5 Å². The Hall–Kier alpha value is -4.08. The van der Waals surface area contributed by atoms with E-state index in [1.54, 1.807) is 23.1 Å². The smallest absolute Gasteiger partial charge is 0.326 e. The molecule has 12 heteroatoms. The van der Waals surface area contributed by atoms with Crippen LogP contribution in [0.5, 0.6) is 0 Å². The van der Waals surface area contributed by atoms with Crippen molar-refractivity contribution in [1.82, 2.24) is 19.8 Å². The summed E-state index contributed by atoms with van der Waals surface area (Å²) in [5.41, 5.74) is 1.84. The van der Waals surface area contributed by atoms with Crippen LogP contribution in [0.2, 0.25) is 0 Å². The quantitative estimate of drug-likeness (QED) is 0.579. The summed E-state index contributed by atoms with van der Waals surface area (Å²) in [6, 6.07) is 6.42. The number of hydrogen-bond donors (Lipinski definition) is 2. The van der Waals surface area contributed by atoms with E-state index in [0.717, 1.165) is 6.54 Å². The number of nitrogens with one attached hydrogen (secondary N) is 2. The number of anilines is 3. The minimum atomic E-state index is -0.596. The highest BCUT2D eigenvalue weighted by atomic mass is 16.5. The number of pyridine rings is 2. The summed E-state index contributed by atoms with van der Waals surface area (Å²) in [6.07, 6.45) is 2.02. The molecule has 0 spiro atoms. The zero-order chi connectivity index (χ0) is 24.8. The highest BCUT2D eigenvalue weighted by Gasteiger charge is 2.23. The molecule has 0 aliphatic carbocycles. The van der Waals surface area contributed by atoms with E-state index >= 15 is 0 Å². The number of aldehydes is 1. The van der Waals surface area contributed by atoms with Crippen molar-refractivity contribution in [1.29, 1.82) is 5.26 Å². The van der Waals surface area contributed by atoms with Gasteiger partial charge < -0.3 is 14.5 Å². The molecular formula is C23H26N8O4. The molecule has 12 nitrogen and oxygen atoms in total. The summed E-state index contributed by atoms with van der Waals surface area (Å²) >= 11 is 0.